The molecular weight excluding hydrogens is 226 g/mol. The molecule has 0 saturated heterocycles. The van der Waals surface area contributed by atoms with E-state index in [1.54, 1.807) is 0 Å². The van der Waals surface area contributed by atoms with E-state index < -0.39 is 0 Å². The average molecular weight is 247 g/mol. The molecule has 0 heterocycles. The third kappa shape index (κ3) is 6.41. The van der Waals surface area contributed by atoms with Gasteiger partial charge in [-0.3, -0.25) is 0 Å². The van der Waals surface area contributed by atoms with E-state index in [4.69, 9.17) is 6.42 Å². The zero-order valence-electron chi connectivity index (χ0n) is 10.5. The number of terminal acetylenes is 1. The fourth-order valence-corrected chi connectivity index (χ4v) is 2.22. The maximum absolute atomic E-state index is 5.18. The van der Waals surface area contributed by atoms with Crippen LogP contribution in [0.4, 0.5) is 0 Å². The molecule has 17 heavy (non-hydrogen) atoms. The minimum atomic E-state index is 0.627. The molecule has 1 nitrogen and oxygen atoms in total. The van der Waals surface area contributed by atoms with Crippen LogP contribution in [0.25, 0.3) is 0 Å². The van der Waals surface area contributed by atoms with Crippen LogP contribution in [0.2, 0.25) is 0 Å². The second-order valence-corrected chi connectivity index (χ2v) is 5.21. The Kier molecular flexibility index (Phi) is 7.62. The van der Waals surface area contributed by atoms with Gasteiger partial charge in [-0.25, -0.2) is 0 Å². The highest BCUT2D eigenvalue weighted by Gasteiger charge is 2.03. The monoisotopic (exact) mass is 247 g/mol. The van der Waals surface area contributed by atoms with Gasteiger partial charge in [0.1, 0.15) is 0 Å². The van der Waals surface area contributed by atoms with E-state index >= 15 is 0 Å². The van der Waals surface area contributed by atoms with Crippen LogP contribution in [0.5, 0.6) is 0 Å². The smallest absolute Gasteiger partial charge is 0.0545 e. The van der Waals surface area contributed by atoms with Crippen LogP contribution in [0.1, 0.15) is 24.8 Å². The number of rotatable bonds is 8. The van der Waals surface area contributed by atoms with Crippen LogP contribution < -0.4 is 5.32 Å². The van der Waals surface area contributed by atoms with Crippen molar-refractivity contribution in [1.82, 2.24) is 5.32 Å². The van der Waals surface area contributed by atoms with E-state index in [-0.39, 0.29) is 0 Å². The van der Waals surface area contributed by atoms with Gasteiger partial charge in [-0.2, -0.15) is 0 Å². The standard InChI is InChI=1S/C15H21NS/c1-3-12-17-13-11-16-10-9-14(2)15-7-5-4-6-8-15/h1,4-8,14,16H,9-13H2,2H3. The highest BCUT2D eigenvalue weighted by Crippen LogP contribution is 2.17. The molecule has 0 saturated carbocycles. The predicted molar refractivity (Wildman–Crippen MR) is 78.5 cm³/mol. The van der Waals surface area contributed by atoms with Crippen molar-refractivity contribution in [1.29, 1.82) is 0 Å². The fourth-order valence-electron chi connectivity index (χ4n) is 1.67. The Morgan fingerprint density at radius 1 is 1.29 bits per heavy atom. The molecule has 0 amide bonds. The molecule has 1 rings (SSSR count). The Morgan fingerprint density at radius 2 is 2.06 bits per heavy atom. The van der Waals surface area contributed by atoms with Crippen molar-refractivity contribution in [3.8, 4) is 12.3 Å². The molecule has 0 fully saturated rings. The Hall–Kier alpha value is -0.910. The maximum Gasteiger partial charge on any atom is 0.0545 e. The average Bonchev–Trinajstić information content (AvgIpc) is 2.38. The first-order valence-electron chi connectivity index (χ1n) is 6.11. The molecule has 0 aliphatic rings. The third-order valence-corrected chi connectivity index (χ3v) is 3.59. The van der Waals surface area contributed by atoms with Crippen LogP contribution in [-0.4, -0.2) is 24.6 Å². The van der Waals surface area contributed by atoms with Crippen molar-refractivity contribution in [3.05, 3.63) is 35.9 Å². The second kappa shape index (κ2) is 9.15. The van der Waals surface area contributed by atoms with Gasteiger partial charge in [0.15, 0.2) is 0 Å². The first-order valence-corrected chi connectivity index (χ1v) is 7.27. The molecule has 0 aliphatic carbocycles. The van der Waals surface area contributed by atoms with Gasteiger partial charge in [0, 0.05) is 12.3 Å². The summed E-state index contributed by atoms with van der Waals surface area (Å²) in [7, 11) is 0. The van der Waals surface area contributed by atoms with Gasteiger partial charge in [0.05, 0.1) is 5.75 Å². The van der Waals surface area contributed by atoms with Crippen molar-refractivity contribution in [2.45, 2.75) is 19.3 Å². The molecule has 1 aromatic rings. The summed E-state index contributed by atoms with van der Waals surface area (Å²) in [5, 5.41) is 3.46. The molecule has 1 N–H and O–H groups in total. The van der Waals surface area contributed by atoms with Gasteiger partial charge >= 0.3 is 0 Å². The molecule has 0 aromatic heterocycles. The van der Waals surface area contributed by atoms with E-state index in [0.29, 0.717) is 5.92 Å². The summed E-state index contributed by atoms with van der Waals surface area (Å²) in [4.78, 5) is 0. The van der Waals surface area contributed by atoms with Crippen molar-refractivity contribution >= 4 is 11.8 Å². The van der Waals surface area contributed by atoms with E-state index in [2.05, 4.69) is 48.5 Å². The molecule has 0 radical (unpaired) electrons. The normalized spacial score (nSPS) is 12.0. The van der Waals surface area contributed by atoms with Crippen LogP contribution in [0, 0.1) is 12.3 Å². The highest BCUT2D eigenvalue weighted by molar-refractivity contribution is 7.99. The van der Waals surface area contributed by atoms with Gasteiger partial charge < -0.3 is 5.32 Å². The summed E-state index contributed by atoms with van der Waals surface area (Å²) in [5.74, 6) is 5.18. The zero-order valence-corrected chi connectivity index (χ0v) is 11.3. The predicted octanol–water partition coefficient (Wildman–Crippen LogP) is 3.14. The Bertz CT molecular complexity index is 329. The lowest BCUT2D eigenvalue weighted by atomic mass is 9.98. The fraction of sp³-hybridized carbons (Fsp3) is 0.467. The summed E-state index contributed by atoms with van der Waals surface area (Å²) in [5.41, 5.74) is 1.43. The van der Waals surface area contributed by atoms with Crippen LogP contribution in [0.3, 0.4) is 0 Å². The Balaban J connectivity index is 2.05. The molecule has 2 heteroatoms. The van der Waals surface area contributed by atoms with Crippen molar-refractivity contribution in [2.24, 2.45) is 0 Å². The van der Waals surface area contributed by atoms with Gasteiger partial charge in [-0.05, 0) is 24.4 Å². The molecule has 1 atom stereocenters. The molecule has 92 valence electrons. The van der Waals surface area contributed by atoms with E-state index in [1.807, 2.05) is 11.8 Å². The van der Waals surface area contributed by atoms with Gasteiger partial charge in [0.2, 0.25) is 0 Å². The topological polar surface area (TPSA) is 12.0 Å². The molecule has 0 bridgehead atoms. The van der Waals surface area contributed by atoms with Crippen molar-refractivity contribution < 1.29 is 0 Å². The van der Waals surface area contributed by atoms with Gasteiger partial charge in [-0.15, -0.1) is 18.2 Å². The first kappa shape index (κ1) is 14.2. The Labute approximate surface area is 109 Å². The summed E-state index contributed by atoms with van der Waals surface area (Å²) in [6.45, 7) is 4.41. The lowest BCUT2D eigenvalue weighted by Gasteiger charge is -2.12. The first-order chi connectivity index (χ1) is 8.34. The maximum atomic E-state index is 5.18. The number of hydrogen-bond acceptors (Lipinski definition) is 2. The third-order valence-electron chi connectivity index (χ3n) is 2.73. The van der Waals surface area contributed by atoms with Crippen LogP contribution in [-0.2, 0) is 0 Å². The minimum Gasteiger partial charge on any atom is -0.316 e. The number of hydrogen-bond donors (Lipinski definition) is 1. The lowest BCUT2D eigenvalue weighted by molar-refractivity contribution is 0.610. The van der Waals surface area contributed by atoms with E-state index in [0.717, 1.165) is 24.6 Å². The van der Waals surface area contributed by atoms with Crippen molar-refractivity contribution in [2.75, 3.05) is 24.6 Å². The molecule has 0 aliphatic heterocycles. The van der Waals surface area contributed by atoms with Crippen LogP contribution in [0.15, 0.2) is 30.3 Å². The molecule has 1 aromatic carbocycles. The quantitative estimate of drug-likeness (QED) is 0.559. The molecule has 1 unspecified atom stereocenters. The van der Waals surface area contributed by atoms with Gasteiger partial charge in [0.25, 0.3) is 0 Å². The van der Waals surface area contributed by atoms with E-state index in [1.165, 1.54) is 12.0 Å². The number of nitrogens with one attached hydrogen (secondary N) is 1. The summed E-state index contributed by atoms with van der Waals surface area (Å²) in [6.07, 6.45) is 6.37. The molecule has 0 spiro atoms. The van der Waals surface area contributed by atoms with Crippen LogP contribution >= 0.6 is 11.8 Å². The molecular formula is C15H21NS. The number of benzene rings is 1. The lowest BCUT2D eigenvalue weighted by Crippen LogP contribution is -2.19. The largest absolute Gasteiger partial charge is 0.316 e. The highest BCUT2D eigenvalue weighted by atomic mass is 32.2. The number of thioether (sulfide) groups is 1. The van der Waals surface area contributed by atoms with E-state index in [9.17, 15) is 0 Å². The SMILES string of the molecule is C#CCSCCNCCC(C)c1ccccc1. The summed E-state index contributed by atoms with van der Waals surface area (Å²) in [6, 6.07) is 10.7. The zero-order chi connectivity index (χ0) is 12.3. The minimum absolute atomic E-state index is 0.627. The summed E-state index contributed by atoms with van der Waals surface area (Å²) >= 11 is 1.81. The van der Waals surface area contributed by atoms with Crippen molar-refractivity contribution in [3.63, 3.8) is 0 Å². The van der Waals surface area contributed by atoms with Gasteiger partial charge in [-0.1, -0.05) is 43.2 Å². The second-order valence-electron chi connectivity index (χ2n) is 4.11. The Morgan fingerprint density at radius 3 is 2.76 bits per heavy atom. The summed E-state index contributed by atoms with van der Waals surface area (Å²) < 4.78 is 0.